The van der Waals surface area contributed by atoms with Gasteiger partial charge in [-0.05, 0) is 25.4 Å². The molecule has 17 heavy (non-hydrogen) atoms. The number of ether oxygens (including phenoxy) is 2. The molecule has 1 aromatic heterocycles. The Balaban J connectivity index is 2.53. The zero-order valence-corrected chi connectivity index (χ0v) is 11.2. The summed E-state index contributed by atoms with van der Waals surface area (Å²) < 4.78 is 10.7. The Labute approximate surface area is 106 Å². The lowest BCUT2D eigenvalue weighted by Crippen LogP contribution is -2.16. The van der Waals surface area contributed by atoms with Gasteiger partial charge in [0.1, 0.15) is 6.61 Å². The number of hydrogen-bond donors (Lipinski definition) is 0. The van der Waals surface area contributed by atoms with Crippen molar-refractivity contribution in [3.63, 3.8) is 0 Å². The van der Waals surface area contributed by atoms with Crippen LogP contribution in [0.5, 0.6) is 6.01 Å². The minimum Gasteiger partial charge on any atom is -0.461 e. The molecule has 0 aliphatic heterocycles. The molecule has 0 bridgehead atoms. The van der Waals surface area contributed by atoms with E-state index in [-0.39, 0.29) is 17.4 Å². The molecule has 6 nitrogen and oxygen atoms in total. The maximum atomic E-state index is 5.76. The van der Waals surface area contributed by atoms with E-state index in [4.69, 9.17) is 21.1 Å². The normalized spacial score (nSPS) is 10.7. The first kappa shape index (κ1) is 13.9. The van der Waals surface area contributed by atoms with E-state index in [0.29, 0.717) is 19.2 Å². The molecule has 0 unspecified atom stereocenters. The van der Waals surface area contributed by atoms with Gasteiger partial charge in [-0.2, -0.15) is 15.0 Å². The van der Waals surface area contributed by atoms with Crippen LogP contribution < -0.4 is 9.64 Å². The van der Waals surface area contributed by atoms with Gasteiger partial charge in [-0.25, -0.2) is 0 Å². The molecule has 1 rings (SSSR count). The van der Waals surface area contributed by atoms with Gasteiger partial charge in [0.15, 0.2) is 0 Å². The Hall–Kier alpha value is -1.14. The van der Waals surface area contributed by atoms with Crippen LogP contribution in [0.15, 0.2) is 0 Å². The number of halogens is 1. The molecular weight excluding hydrogens is 244 g/mol. The number of aromatic nitrogens is 3. The summed E-state index contributed by atoms with van der Waals surface area (Å²) in [5, 5.41) is 0.114. The molecule has 0 radical (unpaired) electrons. The Bertz CT molecular complexity index is 360. The highest BCUT2D eigenvalue weighted by atomic mass is 35.5. The first-order valence-electron chi connectivity index (χ1n) is 5.32. The van der Waals surface area contributed by atoms with Crippen molar-refractivity contribution in [3.8, 4) is 6.01 Å². The molecule has 0 atom stereocenters. The molecular formula is C10H17ClN4O2. The standard InChI is InChI=1S/C10H17ClN4O2/c1-7(2)16-5-6-17-10-13-8(11)12-9(14-10)15(3)4/h7H,5-6H2,1-4H3. The lowest BCUT2D eigenvalue weighted by atomic mass is 10.5. The van der Waals surface area contributed by atoms with Crippen LogP contribution in [0.3, 0.4) is 0 Å². The first-order valence-corrected chi connectivity index (χ1v) is 5.70. The number of anilines is 1. The third-order valence-electron chi connectivity index (χ3n) is 1.74. The molecule has 96 valence electrons. The molecule has 0 aromatic carbocycles. The third kappa shape index (κ3) is 5.14. The summed E-state index contributed by atoms with van der Waals surface area (Å²) in [4.78, 5) is 13.6. The van der Waals surface area contributed by atoms with E-state index in [9.17, 15) is 0 Å². The topological polar surface area (TPSA) is 60.4 Å². The van der Waals surface area contributed by atoms with Crippen molar-refractivity contribution in [1.82, 2.24) is 15.0 Å². The average Bonchev–Trinajstić information content (AvgIpc) is 2.23. The quantitative estimate of drug-likeness (QED) is 0.721. The van der Waals surface area contributed by atoms with Crippen LogP contribution in [0.4, 0.5) is 5.95 Å². The first-order chi connectivity index (χ1) is 7.99. The Morgan fingerprint density at radius 3 is 2.47 bits per heavy atom. The maximum Gasteiger partial charge on any atom is 0.322 e. The number of hydrogen-bond acceptors (Lipinski definition) is 6. The fraction of sp³-hybridized carbons (Fsp3) is 0.700. The fourth-order valence-corrected chi connectivity index (χ4v) is 1.15. The van der Waals surface area contributed by atoms with Crippen molar-refractivity contribution in [3.05, 3.63) is 5.28 Å². The molecule has 0 saturated heterocycles. The van der Waals surface area contributed by atoms with Gasteiger partial charge < -0.3 is 14.4 Å². The summed E-state index contributed by atoms with van der Waals surface area (Å²) in [7, 11) is 3.63. The van der Waals surface area contributed by atoms with Gasteiger partial charge in [-0.1, -0.05) is 0 Å². The fourth-order valence-electron chi connectivity index (χ4n) is 1.00. The second kappa shape index (κ2) is 6.56. The highest BCUT2D eigenvalue weighted by molar-refractivity contribution is 6.28. The van der Waals surface area contributed by atoms with Crippen molar-refractivity contribution < 1.29 is 9.47 Å². The third-order valence-corrected chi connectivity index (χ3v) is 1.91. The van der Waals surface area contributed by atoms with Crippen molar-refractivity contribution in [2.24, 2.45) is 0 Å². The van der Waals surface area contributed by atoms with E-state index in [1.54, 1.807) is 4.90 Å². The van der Waals surface area contributed by atoms with E-state index in [1.807, 2.05) is 27.9 Å². The molecule has 0 aliphatic carbocycles. The summed E-state index contributed by atoms with van der Waals surface area (Å²) in [5.74, 6) is 0.463. The second-order valence-corrected chi connectivity index (χ2v) is 4.19. The lowest BCUT2D eigenvalue weighted by Gasteiger charge is -2.12. The molecule has 0 aliphatic rings. The minimum absolute atomic E-state index is 0.114. The van der Waals surface area contributed by atoms with Crippen LogP contribution in [0.25, 0.3) is 0 Å². The van der Waals surface area contributed by atoms with Gasteiger partial charge in [0.05, 0.1) is 12.7 Å². The van der Waals surface area contributed by atoms with Crippen LogP contribution in [0.2, 0.25) is 5.28 Å². The highest BCUT2D eigenvalue weighted by Gasteiger charge is 2.07. The lowest BCUT2D eigenvalue weighted by molar-refractivity contribution is 0.0531. The molecule has 0 saturated carbocycles. The van der Waals surface area contributed by atoms with E-state index in [2.05, 4.69) is 15.0 Å². The summed E-state index contributed by atoms with van der Waals surface area (Å²) in [6.45, 7) is 4.79. The van der Waals surface area contributed by atoms with E-state index < -0.39 is 0 Å². The molecule has 0 fully saturated rings. The largest absolute Gasteiger partial charge is 0.461 e. The molecule has 1 aromatic rings. The molecule has 0 amide bonds. The minimum atomic E-state index is 0.114. The summed E-state index contributed by atoms with van der Waals surface area (Å²) in [6.07, 6.45) is 0.179. The van der Waals surface area contributed by atoms with Crippen LogP contribution in [-0.2, 0) is 4.74 Å². The predicted octanol–water partition coefficient (Wildman–Crippen LogP) is 1.39. The SMILES string of the molecule is CC(C)OCCOc1nc(Cl)nc(N(C)C)n1. The molecule has 7 heteroatoms. The van der Waals surface area contributed by atoms with Crippen molar-refractivity contribution in [1.29, 1.82) is 0 Å². The smallest absolute Gasteiger partial charge is 0.322 e. The maximum absolute atomic E-state index is 5.76. The van der Waals surface area contributed by atoms with E-state index in [0.717, 1.165) is 0 Å². The number of rotatable bonds is 6. The van der Waals surface area contributed by atoms with Crippen LogP contribution >= 0.6 is 11.6 Å². The predicted molar refractivity (Wildman–Crippen MR) is 65.7 cm³/mol. The van der Waals surface area contributed by atoms with Crippen LogP contribution in [0.1, 0.15) is 13.8 Å². The second-order valence-electron chi connectivity index (χ2n) is 3.85. The molecule has 1 heterocycles. The summed E-state index contributed by atoms with van der Waals surface area (Å²) >= 11 is 5.76. The summed E-state index contributed by atoms with van der Waals surface area (Å²) in [6, 6.07) is 0.209. The van der Waals surface area contributed by atoms with Crippen molar-refractivity contribution in [2.45, 2.75) is 20.0 Å². The highest BCUT2D eigenvalue weighted by Crippen LogP contribution is 2.12. The van der Waals surface area contributed by atoms with E-state index >= 15 is 0 Å². The number of nitrogens with zero attached hydrogens (tertiary/aromatic N) is 4. The summed E-state index contributed by atoms with van der Waals surface area (Å²) in [5.41, 5.74) is 0. The van der Waals surface area contributed by atoms with Gasteiger partial charge >= 0.3 is 6.01 Å². The molecule has 0 spiro atoms. The zero-order chi connectivity index (χ0) is 12.8. The van der Waals surface area contributed by atoms with Gasteiger partial charge in [-0.3, -0.25) is 0 Å². The Morgan fingerprint density at radius 2 is 1.88 bits per heavy atom. The Morgan fingerprint density at radius 1 is 1.18 bits per heavy atom. The average molecular weight is 261 g/mol. The zero-order valence-electron chi connectivity index (χ0n) is 10.5. The molecule has 0 N–H and O–H groups in total. The van der Waals surface area contributed by atoms with Gasteiger partial charge in [0, 0.05) is 14.1 Å². The van der Waals surface area contributed by atoms with E-state index in [1.165, 1.54) is 0 Å². The van der Waals surface area contributed by atoms with Gasteiger partial charge in [0.25, 0.3) is 0 Å². The Kier molecular flexibility index (Phi) is 5.37. The van der Waals surface area contributed by atoms with Crippen LogP contribution in [0, 0.1) is 0 Å². The van der Waals surface area contributed by atoms with Crippen molar-refractivity contribution >= 4 is 17.5 Å². The van der Waals surface area contributed by atoms with Gasteiger partial charge in [-0.15, -0.1) is 0 Å². The van der Waals surface area contributed by atoms with Crippen LogP contribution in [-0.4, -0.2) is 48.4 Å². The monoisotopic (exact) mass is 260 g/mol. The van der Waals surface area contributed by atoms with Gasteiger partial charge in [0.2, 0.25) is 11.2 Å². The van der Waals surface area contributed by atoms with Crippen molar-refractivity contribution in [2.75, 3.05) is 32.2 Å².